The predicted molar refractivity (Wildman–Crippen MR) is 91.8 cm³/mol. The quantitative estimate of drug-likeness (QED) is 0.830. The fourth-order valence-electron chi connectivity index (χ4n) is 2.13. The van der Waals surface area contributed by atoms with Crippen LogP contribution in [0, 0.1) is 0 Å². The molecule has 4 nitrogen and oxygen atoms in total. The molecule has 0 amide bonds. The van der Waals surface area contributed by atoms with Gasteiger partial charge in [0.05, 0.1) is 4.90 Å². The summed E-state index contributed by atoms with van der Waals surface area (Å²) in [6, 6.07) is 7.20. The molecule has 21 heavy (non-hydrogen) atoms. The summed E-state index contributed by atoms with van der Waals surface area (Å²) in [5.41, 5.74) is 0.983. The highest BCUT2D eigenvalue weighted by molar-refractivity contribution is 8.06. The topological polar surface area (TPSA) is 58.2 Å². The van der Waals surface area contributed by atoms with Crippen molar-refractivity contribution in [2.75, 3.05) is 29.1 Å². The van der Waals surface area contributed by atoms with Crippen LogP contribution in [0.25, 0.3) is 0 Å². The number of nitrogens with one attached hydrogen (secondary N) is 2. The molecule has 2 N–H and O–H groups in total. The van der Waals surface area contributed by atoms with Gasteiger partial charge in [-0.15, -0.1) is 0 Å². The molecule has 2 fully saturated rings. The van der Waals surface area contributed by atoms with Crippen LogP contribution in [0.2, 0.25) is 0 Å². The Hall–Kier alpha value is -0.370. The van der Waals surface area contributed by atoms with Crippen molar-refractivity contribution < 1.29 is 8.42 Å². The van der Waals surface area contributed by atoms with Gasteiger partial charge < -0.3 is 5.32 Å². The third-order valence-corrected chi connectivity index (χ3v) is 7.86. The van der Waals surface area contributed by atoms with Crippen LogP contribution in [-0.2, 0) is 10.0 Å². The average molecular weight is 345 g/mol. The molecule has 1 aliphatic carbocycles. The number of thioether (sulfide) groups is 2. The lowest BCUT2D eigenvalue weighted by Crippen LogP contribution is -2.25. The van der Waals surface area contributed by atoms with Gasteiger partial charge in [-0.05, 0) is 37.1 Å². The summed E-state index contributed by atoms with van der Waals surface area (Å²) in [5, 5.41) is 4.04. The number of hydrogen-bond acceptors (Lipinski definition) is 5. The van der Waals surface area contributed by atoms with Gasteiger partial charge in [-0.1, -0.05) is 0 Å². The molecule has 1 aromatic carbocycles. The lowest BCUT2D eigenvalue weighted by Gasteiger charge is -2.21. The molecule has 0 radical (unpaired) electrons. The van der Waals surface area contributed by atoms with Crippen molar-refractivity contribution in [1.82, 2.24) is 4.72 Å². The highest BCUT2D eigenvalue weighted by Crippen LogP contribution is 2.25. The van der Waals surface area contributed by atoms with E-state index in [1.807, 2.05) is 35.7 Å². The summed E-state index contributed by atoms with van der Waals surface area (Å²) >= 11 is 4.02. The van der Waals surface area contributed by atoms with Gasteiger partial charge in [0.2, 0.25) is 10.0 Å². The number of sulfonamides is 1. The zero-order valence-corrected chi connectivity index (χ0v) is 14.2. The monoisotopic (exact) mass is 344 g/mol. The Morgan fingerprint density at radius 1 is 1.14 bits per heavy atom. The molecule has 1 aromatic rings. The van der Waals surface area contributed by atoms with Gasteiger partial charge in [0.15, 0.2) is 0 Å². The Labute approximate surface area is 134 Å². The molecule has 1 unspecified atom stereocenters. The first kappa shape index (κ1) is 15.5. The minimum absolute atomic E-state index is 0.147. The molecular formula is C14H20N2O2S3. The summed E-state index contributed by atoms with van der Waals surface area (Å²) < 4.78 is 26.8. The smallest absolute Gasteiger partial charge is 0.240 e. The Balaban J connectivity index is 1.55. The van der Waals surface area contributed by atoms with Crippen LogP contribution in [-0.4, -0.2) is 43.5 Å². The fraction of sp³-hybridized carbons (Fsp3) is 0.571. The van der Waals surface area contributed by atoms with E-state index < -0.39 is 10.0 Å². The first-order chi connectivity index (χ1) is 10.1. The van der Waals surface area contributed by atoms with Gasteiger partial charge in [0.1, 0.15) is 0 Å². The zero-order chi connectivity index (χ0) is 14.7. The second-order valence-electron chi connectivity index (χ2n) is 5.37. The van der Waals surface area contributed by atoms with Crippen molar-refractivity contribution in [2.24, 2.45) is 0 Å². The van der Waals surface area contributed by atoms with Crippen molar-refractivity contribution >= 4 is 39.2 Å². The van der Waals surface area contributed by atoms with Crippen LogP contribution in [0.3, 0.4) is 0 Å². The van der Waals surface area contributed by atoms with E-state index in [0.717, 1.165) is 25.1 Å². The van der Waals surface area contributed by atoms with Crippen LogP contribution < -0.4 is 10.0 Å². The molecule has 1 saturated heterocycles. The number of anilines is 1. The van der Waals surface area contributed by atoms with E-state index in [1.165, 1.54) is 17.3 Å². The van der Waals surface area contributed by atoms with Gasteiger partial charge in [-0.3, -0.25) is 0 Å². The van der Waals surface area contributed by atoms with Gasteiger partial charge in [0, 0.05) is 40.8 Å². The normalized spacial score (nSPS) is 23.0. The maximum absolute atomic E-state index is 12.1. The van der Waals surface area contributed by atoms with Crippen molar-refractivity contribution in [2.45, 2.75) is 29.0 Å². The lowest BCUT2D eigenvalue weighted by atomic mass is 10.3. The van der Waals surface area contributed by atoms with E-state index >= 15 is 0 Å². The van der Waals surface area contributed by atoms with Gasteiger partial charge in [0.25, 0.3) is 0 Å². The number of benzene rings is 1. The lowest BCUT2D eigenvalue weighted by molar-refractivity contribution is 0.581. The Morgan fingerprint density at radius 2 is 1.90 bits per heavy atom. The molecular weight excluding hydrogens is 324 g/mol. The largest absolute Gasteiger partial charge is 0.384 e. The molecule has 0 aromatic heterocycles. The maximum Gasteiger partial charge on any atom is 0.240 e. The molecule has 1 saturated carbocycles. The van der Waals surface area contributed by atoms with Crippen molar-refractivity contribution in [3.05, 3.63) is 24.3 Å². The van der Waals surface area contributed by atoms with Crippen LogP contribution in [0.15, 0.2) is 29.2 Å². The highest BCUT2D eigenvalue weighted by Gasteiger charge is 2.27. The van der Waals surface area contributed by atoms with E-state index in [2.05, 4.69) is 10.0 Å². The highest BCUT2D eigenvalue weighted by atomic mass is 32.2. The standard InChI is InChI=1S/C14H20N2O2S3/c17-21(18,16-12-1-2-12)14-5-3-11(4-6-14)15-9-13-10-19-7-8-20-13/h3-6,12-13,15-16H,1-2,7-10H2. The number of hydrogen-bond donors (Lipinski definition) is 2. The minimum Gasteiger partial charge on any atom is -0.384 e. The minimum atomic E-state index is -3.33. The summed E-state index contributed by atoms with van der Waals surface area (Å²) in [7, 11) is -3.33. The first-order valence-electron chi connectivity index (χ1n) is 7.19. The molecule has 0 spiro atoms. The van der Waals surface area contributed by atoms with E-state index in [0.29, 0.717) is 10.1 Å². The molecule has 1 atom stereocenters. The molecule has 1 heterocycles. The van der Waals surface area contributed by atoms with Crippen molar-refractivity contribution in [3.8, 4) is 0 Å². The second kappa shape index (κ2) is 6.81. The summed E-state index contributed by atoms with van der Waals surface area (Å²) in [5.74, 6) is 3.66. The summed E-state index contributed by atoms with van der Waals surface area (Å²) in [4.78, 5) is 0.350. The Kier molecular flexibility index (Phi) is 5.03. The first-order valence-corrected chi connectivity index (χ1v) is 10.9. The molecule has 116 valence electrons. The Morgan fingerprint density at radius 3 is 2.52 bits per heavy atom. The molecule has 0 bridgehead atoms. The SMILES string of the molecule is O=S(=O)(NC1CC1)c1ccc(NCC2CSCCS2)cc1. The van der Waals surface area contributed by atoms with Crippen molar-refractivity contribution in [3.63, 3.8) is 0 Å². The van der Waals surface area contributed by atoms with Gasteiger partial charge >= 0.3 is 0 Å². The molecule has 3 rings (SSSR count). The van der Waals surface area contributed by atoms with Crippen LogP contribution in [0.5, 0.6) is 0 Å². The Bertz CT molecular complexity index is 564. The van der Waals surface area contributed by atoms with E-state index in [-0.39, 0.29) is 6.04 Å². The molecule has 2 aliphatic rings. The predicted octanol–water partition coefficient (Wildman–Crippen LogP) is 2.39. The number of rotatable bonds is 6. The van der Waals surface area contributed by atoms with Crippen LogP contribution >= 0.6 is 23.5 Å². The zero-order valence-electron chi connectivity index (χ0n) is 11.7. The summed E-state index contributed by atoms with van der Waals surface area (Å²) in [6.07, 6.45) is 1.91. The maximum atomic E-state index is 12.1. The van der Waals surface area contributed by atoms with E-state index in [4.69, 9.17) is 0 Å². The van der Waals surface area contributed by atoms with Crippen LogP contribution in [0.1, 0.15) is 12.8 Å². The fourth-order valence-corrected chi connectivity index (χ4v) is 6.04. The molecule has 1 aliphatic heterocycles. The average Bonchev–Trinajstić information content (AvgIpc) is 3.30. The van der Waals surface area contributed by atoms with E-state index in [1.54, 1.807) is 12.1 Å². The van der Waals surface area contributed by atoms with Crippen molar-refractivity contribution in [1.29, 1.82) is 0 Å². The van der Waals surface area contributed by atoms with Gasteiger partial charge in [-0.2, -0.15) is 23.5 Å². The van der Waals surface area contributed by atoms with Crippen LogP contribution in [0.4, 0.5) is 5.69 Å². The van der Waals surface area contributed by atoms with E-state index in [9.17, 15) is 8.42 Å². The third kappa shape index (κ3) is 4.55. The van der Waals surface area contributed by atoms with Gasteiger partial charge in [-0.25, -0.2) is 13.1 Å². The molecule has 7 heteroatoms. The third-order valence-electron chi connectivity index (χ3n) is 3.48. The summed E-state index contributed by atoms with van der Waals surface area (Å²) in [6.45, 7) is 0.935. The second-order valence-corrected chi connectivity index (χ2v) is 9.64.